The van der Waals surface area contributed by atoms with Gasteiger partial charge in [-0.2, -0.15) is 0 Å². The van der Waals surface area contributed by atoms with Crippen molar-refractivity contribution in [1.29, 1.82) is 0 Å². The van der Waals surface area contributed by atoms with Crippen molar-refractivity contribution in [1.82, 2.24) is 0 Å². The molecule has 0 saturated carbocycles. The molecule has 5 heteroatoms. The van der Waals surface area contributed by atoms with Gasteiger partial charge in [-0.3, -0.25) is 9.59 Å². The summed E-state index contributed by atoms with van der Waals surface area (Å²) in [5, 5.41) is 0. The minimum absolute atomic E-state index is 0.294. The van der Waals surface area contributed by atoms with E-state index in [2.05, 4.69) is 0 Å². The summed E-state index contributed by atoms with van der Waals surface area (Å²) in [6.45, 7) is 0. The average Bonchev–Trinajstić information content (AvgIpc) is 2.97. The lowest BCUT2D eigenvalue weighted by Gasteiger charge is -2.34. The van der Waals surface area contributed by atoms with Gasteiger partial charge < -0.3 is 14.2 Å². The van der Waals surface area contributed by atoms with E-state index in [1.165, 1.54) is 14.2 Å². The van der Waals surface area contributed by atoms with Crippen LogP contribution in [0.2, 0.25) is 0 Å². The molecule has 122 valence electrons. The number of hydrogen-bond acceptors (Lipinski definition) is 5. The van der Waals surface area contributed by atoms with Crippen LogP contribution in [0.5, 0.6) is 0 Å². The molecule has 1 saturated heterocycles. The molecule has 3 atom stereocenters. The van der Waals surface area contributed by atoms with E-state index < -0.39 is 23.5 Å². The molecule has 1 aromatic carbocycles. The molecule has 0 amide bonds. The van der Waals surface area contributed by atoms with E-state index in [-0.39, 0.29) is 12.0 Å². The molecule has 0 N–H and O–H groups in total. The number of allylic oxidation sites excluding steroid dienone is 1. The summed E-state index contributed by atoms with van der Waals surface area (Å²) in [6.07, 6.45) is 4.40. The van der Waals surface area contributed by atoms with Gasteiger partial charge in [0.1, 0.15) is 6.10 Å². The first-order chi connectivity index (χ1) is 11.2. The van der Waals surface area contributed by atoms with Gasteiger partial charge in [-0.1, -0.05) is 42.5 Å². The van der Waals surface area contributed by atoms with Gasteiger partial charge in [0.05, 0.1) is 20.3 Å². The quantitative estimate of drug-likeness (QED) is 0.487. The summed E-state index contributed by atoms with van der Waals surface area (Å²) in [4.78, 5) is 25.5. The van der Waals surface area contributed by atoms with Crippen molar-refractivity contribution < 1.29 is 23.8 Å². The van der Waals surface area contributed by atoms with Crippen LogP contribution in [0.4, 0.5) is 0 Å². The third kappa shape index (κ3) is 2.27. The maximum atomic E-state index is 12.7. The number of benzene rings is 1. The summed E-state index contributed by atoms with van der Waals surface area (Å²) >= 11 is 0. The molecule has 0 unspecified atom stereocenters. The first kappa shape index (κ1) is 15.7. The van der Waals surface area contributed by atoms with Gasteiger partial charge in [0.15, 0.2) is 0 Å². The molecule has 1 fully saturated rings. The lowest BCUT2D eigenvalue weighted by atomic mass is 9.66. The number of hydrogen-bond donors (Lipinski definition) is 0. The summed E-state index contributed by atoms with van der Waals surface area (Å²) in [5.74, 6) is -1.49. The number of carbonyl (C=O) groups excluding carboxylic acids is 2. The molecule has 0 radical (unpaired) electrons. The zero-order chi connectivity index (χ0) is 16.4. The summed E-state index contributed by atoms with van der Waals surface area (Å²) in [7, 11) is 2.59. The lowest BCUT2D eigenvalue weighted by Crippen LogP contribution is -2.49. The molecule has 5 nitrogen and oxygen atoms in total. The molecule has 1 aliphatic carbocycles. The lowest BCUT2D eigenvalue weighted by molar-refractivity contribution is -0.176. The number of rotatable bonds is 3. The Morgan fingerprint density at radius 2 is 1.78 bits per heavy atom. The molecular formula is C18H20O5. The van der Waals surface area contributed by atoms with Gasteiger partial charge in [0, 0.05) is 5.92 Å². The molecule has 23 heavy (non-hydrogen) atoms. The fraction of sp³-hybridized carbons (Fsp3) is 0.444. The minimum atomic E-state index is -1.47. The zero-order valence-corrected chi connectivity index (χ0v) is 13.2. The van der Waals surface area contributed by atoms with Crippen molar-refractivity contribution in [2.24, 2.45) is 11.3 Å². The van der Waals surface area contributed by atoms with Crippen LogP contribution in [0.3, 0.4) is 0 Å². The van der Waals surface area contributed by atoms with E-state index in [9.17, 15) is 9.59 Å². The highest BCUT2D eigenvalue weighted by molar-refractivity contribution is 6.02. The standard InChI is InChI=1S/C18H20O5/c1-21-16(19)18(17(20)22-2)13-10-6-7-11-14(13)23-15(18)12-8-4-3-5-9-12/h3-5,7-9,11,13-15H,6,10H2,1-2H3/t13-,14-,15+/m0/s1. The third-order valence-corrected chi connectivity index (χ3v) is 4.81. The van der Waals surface area contributed by atoms with E-state index in [4.69, 9.17) is 14.2 Å². The Labute approximate surface area is 135 Å². The van der Waals surface area contributed by atoms with Crippen molar-refractivity contribution in [2.45, 2.75) is 25.0 Å². The van der Waals surface area contributed by atoms with Crippen molar-refractivity contribution in [3.63, 3.8) is 0 Å². The largest absolute Gasteiger partial charge is 0.468 e. The summed E-state index contributed by atoms with van der Waals surface area (Å²) in [6, 6.07) is 9.30. The van der Waals surface area contributed by atoms with Crippen LogP contribution >= 0.6 is 0 Å². The normalized spacial score (nSPS) is 28.0. The topological polar surface area (TPSA) is 61.8 Å². The SMILES string of the molecule is COC(=O)C1(C(=O)OC)[C@@H](c2ccccc2)O[C@H]2C=CCC[C@@H]21. The number of fused-ring (bicyclic) bond motifs is 1. The highest BCUT2D eigenvalue weighted by Gasteiger charge is 2.67. The molecule has 1 heterocycles. The zero-order valence-electron chi connectivity index (χ0n) is 13.2. The van der Waals surface area contributed by atoms with Crippen molar-refractivity contribution in [3.8, 4) is 0 Å². The highest BCUT2D eigenvalue weighted by Crippen LogP contribution is 2.56. The Morgan fingerprint density at radius 1 is 1.13 bits per heavy atom. The second kappa shape index (κ2) is 6.16. The molecule has 1 aliphatic heterocycles. The monoisotopic (exact) mass is 316 g/mol. The van der Waals surface area contributed by atoms with E-state index in [0.29, 0.717) is 6.42 Å². The van der Waals surface area contributed by atoms with Gasteiger partial charge in [-0.05, 0) is 18.4 Å². The number of methoxy groups -OCH3 is 2. The smallest absolute Gasteiger partial charge is 0.326 e. The first-order valence-electron chi connectivity index (χ1n) is 7.70. The van der Waals surface area contributed by atoms with Crippen molar-refractivity contribution in [2.75, 3.05) is 14.2 Å². The van der Waals surface area contributed by atoms with Crippen LogP contribution in [0.1, 0.15) is 24.5 Å². The van der Waals surface area contributed by atoms with Gasteiger partial charge in [0.25, 0.3) is 0 Å². The molecule has 3 rings (SSSR count). The maximum absolute atomic E-state index is 12.7. The Morgan fingerprint density at radius 3 is 2.39 bits per heavy atom. The number of ether oxygens (including phenoxy) is 3. The first-order valence-corrected chi connectivity index (χ1v) is 7.70. The molecule has 0 aromatic heterocycles. The van der Waals surface area contributed by atoms with Crippen LogP contribution in [0.25, 0.3) is 0 Å². The molecule has 0 spiro atoms. The Bertz CT molecular complexity index is 606. The molecular weight excluding hydrogens is 296 g/mol. The van der Waals surface area contributed by atoms with Crippen LogP contribution in [0.15, 0.2) is 42.5 Å². The Hall–Kier alpha value is -2.14. The van der Waals surface area contributed by atoms with E-state index in [0.717, 1.165) is 12.0 Å². The van der Waals surface area contributed by atoms with Crippen LogP contribution in [-0.4, -0.2) is 32.3 Å². The van der Waals surface area contributed by atoms with Gasteiger partial charge in [-0.15, -0.1) is 0 Å². The second-order valence-corrected chi connectivity index (χ2v) is 5.86. The highest BCUT2D eigenvalue weighted by atomic mass is 16.6. The van der Waals surface area contributed by atoms with E-state index in [1.54, 1.807) is 0 Å². The Balaban J connectivity index is 2.17. The third-order valence-electron chi connectivity index (χ3n) is 4.81. The summed E-state index contributed by atoms with van der Waals surface area (Å²) in [5.41, 5.74) is -0.702. The fourth-order valence-electron chi connectivity index (χ4n) is 3.80. The van der Waals surface area contributed by atoms with Crippen molar-refractivity contribution >= 4 is 11.9 Å². The van der Waals surface area contributed by atoms with Gasteiger partial charge in [-0.25, -0.2) is 0 Å². The van der Waals surface area contributed by atoms with Crippen LogP contribution in [-0.2, 0) is 23.8 Å². The fourth-order valence-corrected chi connectivity index (χ4v) is 3.80. The predicted molar refractivity (Wildman–Crippen MR) is 82.4 cm³/mol. The molecule has 2 aliphatic rings. The molecule has 0 bridgehead atoms. The number of carbonyl (C=O) groups is 2. The number of esters is 2. The van der Waals surface area contributed by atoms with E-state index in [1.807, 2.05) is 42.5 Å². The summed E-state index contributed by atoms with van der Waals surface area (Å²) < 4.78 is 16.2. The predicted octanol–water partition coefficient (Wildman–Crippen LogP) is 2.43. The van der Waals surface area contributed by atoms with Gasteiger partial charge in [0.2, 0.25) is 5.41 Å². The van der Waals surface area contributed by atoms with Crippen LogP contribution in [0, 0.1) is 11.3 Å². The van der Waals surface area contributed by atoms with Crippen LogP contribution < -0.4 is 0 Å². The second-order valence-electron chi connectivity index (χ2n) is 5.86. The maximum Gasteiger partial charge on any atom is 0.326 e. The minimum Gasteiger partial charge on any atom is -0.468 e. The molecule has 1 aromatic rings. The average molecular weight is 316 g/mol. The van der Waals surface area contributed by atoms with Gasteiger partial charge >= 0.3 is 11.9 Å². The Kier molecular flexibility index (Phi) is 4.22. The van der Waals surface area contributed by atoms with Crippen molar-refractivity contribution in [3.05, 3.63) is 48.0 Å². The van der Waals surface area contributed by atoms with E-state index >= 15 is 0 Å².